The molecule has 2 heteroatoms. The summed E-state index contributed by atoms with van der Waals surface area (Å²) in [5.74, 6) is 0.923. The van der Waals surface area contributed by atoms with Gasteiger partial charge in [0, 0.05) is 0 Å². The van der Waals surface area contributed by atoms with Gasteiger partial charge in [-0.15, -0.1) is 0 Å². The molecule has 0 saturated carbocycles. The predicted molar refractivity (Wildman–Crippen MR) is 111 cm³/mol. The Labute approximate surface area is 162 Å². The van der Waals surface area contributed by atoms with Crippen molar-refractivity contribution in [1.82, 2.24) is 0 Å². The van der Waals surface area contributed by atoms with Crippen LogP contribution in [0.4, 0.5) is 0 Å². The van der Waals surface area contributed by atoms with Gasteiger partial charge in [0.25, 0.3) is 0 Å². The average molecular weight is 360 g/mol. The zero-order valence-electron chi connectivity index (χ0n) is 16.5. The molecule has 2 nitrogen and oxygen atoms in total. The van der Waals surface area contributed by atoms with E-state index in [9.17, 15) is 4.79 Å². The van der Waals surface area contributed by atoms with Gasteiger partial charge in [0.1, 0.15) is 11.9 Å². The molecule has 1 atom stereocenters. The fraction of sp³-hybridized carbons (Fsp3) is 0.320. The number of ether oxygens (including phenoxy) is 1. The van der Waals surface area contributed by atoms with E-state index in [0.717, 1.165) is 41.7 Å². The molecular formula is C25H28O2. The smallest absolute Gasteiger partial charge is 0.170 e. The van der Waals surface area contributed by atoms with Gasteiger partial charge < -0.3 is 4.74 Å². The van der Waals surface area contributed by atoms with Crippen LogP contribution in [0.3, 0.4) is 0 Å². The minimum absolute atomic E-state index is 0.163. The molecule has 2 aromatic carbocycles. The SMILES string of the molecule is CC(C)=CCC/C(C)=C/Cc1cccc2c1OC(c1ccccc1)CC2=O. The lowest BCUT2D eigenvalue weighted by atomic mass is 9.93. The first kappa shape index (κ1) is 19.2. The number of carbonyl (C=O) groups is 1. The van der Waals surface area contributed by atoms with Crippen molar-refractivity contribution in [2.45, 2.75) is 52.6 Å². The van der Waals surface area contributed by atoms with Crippen LogP contribution in [0.2, 0.25) is 0 Å². The van der Waals surface area contributed by atoms with Gasteiger partial charge >= 0.3 is 0 Å². The third-order valence-corrected chi connectivity index (χ3v) is 4.96. The van der Waals surface area contributed by atoms with E-state index < -0.39 is 0 Å². The van der Waals surface area contributed by atoms with Crippen molar-refractivity contribution >= 4 is 5.78 Å². The molecule has 2 aromatic rings. The predicted octanol–water partition coefficient (Wildman–Crippen LogP) is 6.63. The highest BCUT2D eigenvalue weighted by molar-refractivity contribution is 6.00. The fourth-order valence-electron chi connectivity index (χ4n) is 3.39. The first-order valence-corrected chi connectivity index (χ1v) is 9.70. The Balaban J connectivity index is 1.78. The van der Waals surface area contributed by atoms with E-state index in [0.29, 0.717) is 6.42 Å². The van der Waals surface area contributed by atoms with Gasteiger partial charge in [-0.3, -0.25) is 4.79 Å². The van der Waals surface area contributed by atoms with Gasteiger partial charge in [0.05, 0.1) is 12.0 Å². The van der Waals surface area contributed by atoms with E-state index in [1.807, 2.05) is 42.5 Å². The monoisotopic (exact) mass is 360 g/mol. The molecule has 1 heterocycles. The quantitative estimate of drug-likeness (QED) is 0.541. The average Bonchev–Trinajstić information content (AvgIpc) is 2.67. The maximum Gasteiger partial charge on any atom is 0.170 e. The molecule has 0 spiro atoms. The largest absolute Gasteiger partial charge is 0.484 e. The first-order chi connectivity index (χ1) is 13.0. The molecule has 27 heavy (non-hydrogen) atoms. The minimum Gasteiger partial charge on any atom is -0.484 e. The van der Waals surface area contributed by atoms with Crippen molar-refractivity contribution < 1.29 is 9.53 Å². The molecule has 0 bridgehead atoms. The lowest BCUT2D eigenvalue weighted by molar-refractivity contribution is 0.0848. The summed E-state index contributed by atoms with van der Waals surface area (Å²) >= 11 is 0. The summed E-state index contributed by atoms with van der Waals surface area (Å²) < 4.78 is 6.30. The van der Waals surface area contributed by atoms with Crippen molar-refractivity contribution in [2.75, 3.05) is 0 Å². The Kier molecular flexibility index (Phi) is 6.28. The maximum absolute atomic E-state index is 12.7. The summed E-state index contributed by atoms with van der Waals surface area (Å²) in [6, 6.07) is 15.9. The topological polar surface area (TPSA) is 26.3 Å². The molecule has 0 aromatic heterocycles. The number of carbonyl (C=O) groups excluding carboxylic acids is 1. The third kappa shape index (κ3) is 4.97. The molecule has 1 aliphatic heterocycles. The molecule has 0 fully saturated rings. The van der Waals surface area contributed by atoms with E-state index in [1.165, 1.54) is 11.1 Å². The highest BCUT2D eigenvalue weighted by Gasteiger charge is 2.28. The van der Waals surface area contributed by atoms with Gasteiger partial charge in [-0.1, -0.05) is 65.8 Å². The molecule has 0 radical (unpaired) electrons. The van der Waals surface area contributed by atoms with Gasteiger partial charge in [-0.2, -0.15) is 0 Å². The highest BCUT2D eigenvalue weighted by atomic mass is 16.5. The van der Waals surface area contributed by atoms with Crippen LogP contribution in [0.25, 0.3) is 0 Å². The van der Waals surface area contributed by atoms with Gasteiger partial charge in [-0.05, 0) is 57.2 Å². The summed E-state index contributed by atoms with van der Waals surface area (Å²) in [4.78, 5) is 12.7. The molecule has 1 aliphatic rings. The standard InChI is InChI=1S/C25H28O2/c1-18(2)9-7-10-19(3)15-16-21-13-8-14-22-23(26)17-24(27-25(21)22)20-11-5-4-6-12-20/h4-6,8-9,11-15,24H,7,10,16-17H2,1-3H3/b19-15+. The number of hydrogen-bond acceptors (Lipinski definition) is 2. The summed E-state index contributed by atoms with van der Waals surface area (Å²) in [6.07, 6.45) is 7.66. The van der Waals surface area contributed by atoms with E-state index in [2.05, 4.69) is 39.0 Å². The van der Waals surface area contributed by atoms with Crippen molar-refractivity contribution in [1.29, 1.82) is 0 Å². The Morgan fingerprint density at radius 1 is 1.04 bits per heavy atom. The second-order valence-corrected chi connectivity index (χ2v) is 7.51. The number of fused-ring (bicyclic) bond motifs is 1. The van der Waals surface area contributed by atoms with Gasteiger partial charge in [-0.25, -0.2) is 0 Å². The molecule has 140 valence electrons. The molecular weight excluding hydrogens is 332 g/mol. The highest BCUT2D eigenvalue weighted by Crippen LogP contribution is 2.37. The van der Waals surface area contributed by atoms with E-state index in [4.69, 9.17) is 4.74 Å². The number of ketones is 1. The van der Waals surface area contributed by atoms with E-state index in [1.54, 1.807) is 0 Å². The van der Waals surface area contributed by atoms with E-state index >= 15 is 0 Å². The van der Waals surface area contributed by atoms with Crippen LogP contribution in [0.15, 0.2) is 71.8 Å². The Hall–Kier alpha value is -2.61. The Bertz CT molecular complexity index is 855. The number of para-hydroxylation sites is 1. The molecule has 0 N–H and O–H groups in total. The van der Waals surface area contributed by atoms with Gasteiger partial charge in [0.15, 0.2) is 5.78 Å². The molecule has 1 unspecified atom stereocenters. The number of rotatable bonds is 6. The van der Waals surface area contributed by atoms with Crippen LogP contribution in [-0.4, -0.2) is 5.78 Å². The zero-order valence-corrected chi connectivity index (χ0v) is 16.5. The third-order valence-electron chi connectivity index (χ3n) is 4.96. The van der Waals surface area contributed by atoms with Crippen LogP contribution in [0, 0.1) is 0 Å². The number of hydrogen-bond donors (Lipinski definition) is 0. The van der Waals surface area contributed by atoms with Crippen molar-refractivity contribution in [3.63, 3.8) is 0 Å². The molecule has 0 aliphatic carbocycles. The number of Topliss-reactive ketones (excluding diaryl/α,β-unsaturated/α-hetero) is 1. The van der Waals surface area contributed by atoms with Gasteiger partial charge in [0.2, 0.25) is 0 Å². The fourth-order valence-corrected chi connectivity index (χ4v) is 3.39. The second kappa shape index (κ2) is 8.85. The van der Waals surface area contributed by atoms with Crippen molar-refractivity contribution in [2.24, 2.45) is 0 Å². The van der Waals surface area contributed by atoms with Crippen molar-refractivity contribution in [3.8, 4) is 5.75 Å². The summed E-state index contributed by atoms with van der Waals surface area (Å²) in [5.41, 5.74) is 5.59. The lowest BCUT2D eigenvalue weighted by Gasteiger charge is -2.27. The molecule has 0 saturated heterocycles. The number of benzene rings is 2. The van der Waals surface area contributed by atoms with Crippen LogP contribution >= 0.6 is 0 Å². The number of allylic oxidation sites excluding steroid dienone is 4. The Morgan fingerprint density at radius 2 is 1.81 bits per heavy atom. The molecule has 0 amide bonds. The van der Waals surface area contributed by atoms with Crippen molar-refractivity contribution in [3.05, 3.63) is 88.5 Å². The summed E-state index contributed by atoms with van der Waals surface area (Å²) in [6.45, 7) is 6.44. The van der Waals surface area contributed by atoms with Crippen LogP contribution < -0.4 is 4.74 Å². The summed E-state index contributed by atoms with van der Waals surface area (Å²) in [7, 11) is 0. The normalized spacial score (nSPS) is 16.5. The maximum atomic E-state index is 12.7. The minimum atomic E-state index is -0.199. The first-order valence-electron chi connectivity index (χ1n) is 9.70. The van der Waals surface area contributed by atoms with Crippen LogP contribution in [-0.2, 0) is 6.42 Å². The summed E-state index contributed by atoms with van der Waals surface area (Å²) in [5, 5.41) is 0. The van der Waals surface area contributed by atoms with E-state index in [-0.39, 0.29) is 11.9 Å². The molecule has 3 rings (SSSR count). The second-order valence-electron chi connectivity index (χ2n) is 7.51. The zero-order chi connectivity index (χ0) is 19.2. The Morgan fingerprint density at radius 3 is 2.56 bits per heavy atom. The van der Waals surface area contributed by atoms with Crippen LogP contribution in [0.1, 0.15) is 67.6 Å². The van der Waals surface area contributed by atoms with Crippen LogP contribution in [0.5, 0.6) is 5.75 Å². The lowest BCUT2D eigenvalue weighted by Crippen LogP contribution is -2.21.